The second-order valence-corrected chi connectivity index (χ2v) is 6.89. The van der Waals surface area contributed by atoms with Crippen LogP contribution in [0.15, 0.2) is 47.4 Å². The molecule has 0 bridgehead atoms. The molecular formula is C20H22N6O3. The highest BCUT2D eigenvalue weighted by atomic mass is 16.5. The molecule has 1 fully saturated rings. The van der Waals surface area contributed by atoms with Crippen LogP contribution in [-0.2, 0) is 6.42 Å². The van der Waals surface area contributed by atoms with Crippen LogP contribution >= 0.6 is 0 Å². The van der Waals surface area contributed by atoms with Crippen molar-refractivity contribution in [1.29, 1.82) is 0 Å². The molecule has 0 spiro atoms. The van der Waals surface area contributed by atoms with Gasteiger partial charge in [-0.05, 0) is 30.9 Å². The SMILES string of the molecule is COc1ccccc1NC(=O)N1CCC[C@@H](Cc2nc(-c3cnccn3)no2)C1. The number of anilines is 1. The van der Waals surface area contributed by atoms with Crippen LogP contribution in [0.25, 0.3) is 11.5 Å². The van der Waals surface area contributed by atoms with E-state index in [9.17, 15) is 4.79 Å². The summed E-state index contributed by atoms with van der Waals surface area (Å²) in [5.74, 6) is 1.86. The molecule has 0 aliphatic carbocycles. The fourth-order valence-electron chi connectivity index (χ4n) is 3.46. The third-order valence-electron chi connectivity index (χ3n) is 4.88. The molecule has 4 rings (SSSR count). The fraction of sp³-hybridized carbons (Fsp3) is 0.350. The Labute approximate surface area is 168 Å². The van der Waals surface area contributed by atoms with E-state index >= 15 is 0 Å². The largest absolute Gasteiger partial charge is 0.495 e. The molecule has 0 radical (unpaired) electrons. The number of likely N-dealkylation sites (tertiary alicyclic amines) is 1. The van der Waals surface area contributed by atoms with Gasteiger partial charge in [0.2, 0.25) is 11.7 Å². The van der Waals surface area contributed by atoms with Crippen LogP contribution in [0.2, 0.25) is 0 Å². The first kappa shape index (κ1) is 18.9. The predicted octanol–water partition coefficient (Wildman–Crippen LogP) is 3.02. The maximum absolute atomic E-state index is 12.7. The van der Waals surface area contributed by atoms with Gasteiger partial charge in [0.1, 0.15) is 11.4 Å². The lowest BCUT2D eigenvalue weighted by molar-refractivity contribution is 0.173. The van der Waals surface area contributed by atoms with Gasteiger partial charge in [0, 0.05) is 31.9 Å². The maximum Gasteiger partial charge on any atom is 0.321 e. The number of nitrogens with one attached hydrogen (secondary N) is 1. The Morgan fingerprint density at radius 2 is 2.24 bits per heavy atom. The second kappa shape index (κ2) is 8.68. The van der Waals surface area contributed by atoms with Gasteiger partial charge in [-0.25, -0.2) is 9.78 Å². The molecule has 150 valence electrons. The molecule has 0 saturated carbocycles. The zero-order chi connectivity index (χ0) is 20.1. The van der Waals surface area contributed by atoms with Crippen molar-refractivity contribution in [2.75, 3.05) is 25.5 Å². The molecule has 3 aromatic rings. The van der Waals surface area contributed by atoms with Crippen molar-refractivity contribution in [1.82, 2.24) is 25.0 Å². The Balaban J connectivity index is 1.37. The van der Waals surface area contributed by atoms with Crippen molar-refractivity contribution in [3.8, 4) is 17.3 Å². The monoisotopic (exact) mass is 394 g/mol. The lowest BCUT2D eigenvalue weighted by atomic mass is 9.95. The summed E-state index contributed by atoms with van der Waals surface area (Å²) in [5.41, 5.74) is 1.23. The summed E-state index contributed by atoms with van der Waals surface area (Å²) >= 11 is 0. The van der Waals surface area contributed by atoms with Gasteiger partial charge in [0.25, 0.3) is 0 Å². The third-order valence-corrected chi connectivity index (χ3v) is 4.88. The van der Waals surface area contributed by atoms with E-state index in [0.717, 1.165) is 12.8 Å². The van der Waals surface area contributed by atoms with Gasteiger partial charge in [0.15, 0.2) is 0 Å². The lowest BCUT2D eigenvalue weighted by Crippen LogP contribution is -2.42. The van der Waals surface area contributed by atoms with Gasteiger partial charge < -0.3 is 19.5 Å². The minimum atomic E-state index is -0.134. The van der Waals surface area contributed by atoms with Gasteiger partial charge >= 0.3 is 6.03 Å². The maximum atomic E-state index is 12.7. The van der Waals surface area contributed by atoms with Gasteiger partial charge in [-0.15, -0.1) is 0 Å². The van der Waals surface area contributed by atoms with E-state index in [1.54, 1.807) is 25.7 Å². The number of ether oxygens (including phenoxy) is 1. The quantitative estimate of drug-likeness (QED) is 0.709. The van der Waals surface area contributed by atoms with Crippen molar-refractivity contribution >= 4 is 11.7 Å². The first-order chi connectivity index (χ1) is 14.2. The average Bonchev–Trinajstić information content (AvgIpc) is 3.23. The zero-order valence-electron chi connectivity index (χ0n) is 16.1. The Kier molecular flexibility index (Phi) is 5.64. The van der Waals surface area contributed by atoms with Crippen LogP contribution in [0.4, 0.5) is 10.5 Å². The molecule has 1 saturated heterocycles. The third kappa shape index (κ3) is 4.50. The summed E-state index contributed by atoms with van der Waals surface area (Å²) in [6, 6.07) is 7.24. The Morgan fingerprint density at radius 3 is 3.07 bits per heavy atom. The molecule has 1 atom stereocenters. The summed E-state index contributed by atoms with van der Waals surface area (Å²) in [4.78, 5) is 27.2. The minimum Gasteiger partial charge on any atom is -0.495 e. The molecule has 3 heterocycles. The van der Waals surface area contributed by atoms with Gasteiger partial charge in [-0.1, -0.05) is 17.3 Å². The number of urea groups is 1. The number of aromatic nitrogens is 4. The van der Waals surface area contributed by atoms with Crippen LogP contribution < -0.4 is 10.1 Å². The van der Waals surface area contributed by atoms with Crippen LogP contribution in [0.1, 0.15) is 18.7 Å². The molecular weight excluding hydrogens is 372 g/mol. The number of para-hydroxylation sites is 2. The summed E-state index contributed by atoms with van der Waals surface area (Å²) < 4.78 is 10.7. The number of benzene rings is 1. The number of piperidine rings is 1. The number of hydrogen-bond donors (Lipinski definition) is 1. The molecule has 2 aromatic heterocycles. The number of carbonyl (C=O) groups is 1. The van der Waals surface area contributed by atoms with E-state index < -0.39 is 0 Å². The average molecular weight is 394 g/mol. The Hall–Kier alpha value is -3.49. The van der Waals surface area contributed by atoms with Crippen molar-refractivity contribution in [2.45, 2.75) is 19.3 Å². The van der Waals surface area contributed by atoms with Crippen LogP contribution in [0.3, 0.4) is 0 Å². The van der Waals surface area contributed by atoms with Crippen LogP contribution in [-0.4, -0.2) is 51.2 Å². The molecule has 1 aliphatic heterocycles. The van der Waals surface area contributed by atoms with Gasteiger partial charge in [0.05, 0.1) is 19.0 Å². The Bertz CT molecular complexity index is 962. The first-order valence-electron chi connectivity index (χ1n) is 9.51. The normalized spacial score (nSPS) is 16.4. The molecule has 1 aliphatic rings. The van der Waals surface area contributed by atoms with Gasteiger partial charge in [-0.3, -0.25) is 4.98 Å². The topological polar surface area (TPSA) is 106 Å². The fourth-order valence-corrected chi connectivity index (χ4v) is 3.46. The smallest absolute Gasteiger partial charge is 0.321 e. The van der Waals surface area contributed by atoms with Gasteiger partial charge in [-0.2, -0.15) is 4.98 Å². The highest BCUT2D eigenvalue weighted by Crippen LogP contribution is 2.25. The van der Waals surface area contributed by atoms with Crippen molar-refractivity contribution in [2.24, 2.45) is 5.92 Å². The molecule has 9 heteroatoms. The number of amides is 2. The number of methoxy groups -OCH3 is 1. The van der Waals surface area contributed by atoms with Crippen LogP contribution in [0.5, 0.6) is 5.75 Å². The second-order valence-electron chi connectivity index (χ2n) is 6.89. The first-order valence-corrected chi connectivity index (χ1v) is 9.51. The van der Waals surface area contributed by atoms with Crippen LogP contribution in [0, 0.1) is 5.92 Å². The highest BCUT2D eigenvalue weighted by Gasteiger charge is 2.26. The van der Waals surface area contributed by atoms with Crippen molar-refractivity contribution in [3.05, 3.63) is 48.7 Å². The standard InChI is InChI=1S/C20H22N6O3/c1-28-17-7-3-2-6-15(17)23-20(27)26-10-4-5-14(13-26)11-18-24-19(25-29-18)16-12-21-8-9-22-16/h2-3,6-9,12,14H,4-5,10-11,13H2,1H3,(H,23,27)/t14-/m0/s1. The van der Waals surface area contributed by atoms with Crippen molar-refractivity contribution in [3.63, 3.8) is 0 Å². The Morgan fingerprint density at radius 1 is 1.34 bits per heavy atom. The summed E-state index contributed by atoms with van der Waals surface area (Å²) in [5, 5.41) is 6.92. The number of hydrogen-bond acceptors (Lipinski definition) is 7. The van der Waals surface area contributed by atoms with Crippen molar-refractivity contribution < 1.29 is 14.1 Å². The van der Waals surface area contributed by atoms with E-state index in [2.05, 4.69) is 25.4 Å². The minimum absolute atomic E-state index is 0.134. The summed E-state index contributed by atoms with van der Waals surface area (Å²) in [6.07, 6.45) is 7.32. The molecule has 1 N–H and O–H groups in total. The van der Waals surface area contributed by atoms with E-state index in [-0.39, 0.29) is 11.9 Å². The number of rotatable bonds is 5. The summed E-state index contributed by atoms with van der Waals surface area (Å²) in [6.45, 7) is 1.34. The molecule has 29 heavy (non-hydrogen) atoms. The molecule has 0 unspecified atom stereocenters. The summed E-state index contributed by atoms with van der Waals surface area (Å²) in [7, 11) is 1.58. The molecule has 1 aromatic carbocycles. The number of carbonyl (C=O) groups excluding carboxylic acids is 1. The van der Waals surface area contributed by atoms with E-state index in [1.807, 2.05) is 29.2 Å². The highest BCUT2D eigenvalue weighted by molar-refractivity contribution is 5.91. The van der Waals surface area contributed by atoms with E-state index in [4.69, 9.17) is 9.26 Å². The van der Waals surface area contributed by atoms with E-state index in [1.165, 1.54) is 0 Å². The number of nitrogens with zero attached hydrogens (tertiary/aromatic N) is 5. The zero-order valence-corrected chi connectivity index (χ0v) is 16.1. The van der Waals surface area contributed by atoms with E-state index in [0.29, 0.717) is 48.4 Å². The molecule has 2 amide bonds. The molecule has 9 nitrogen and oxygen atoms in total. The predicted molar refractivity (Wildman–Crippen MR) is 105 cm³/mol. The lowest BCUT2D eigenvalue weighted by Gasteiger charge is -2.32.